The highest BCUT2D eigenvalue weighted by Crippen LogP contribution is 2.47. The molecule has 0 bridgehead atoms. The van der Waals surface area contributed by atoms with Gasteiger partial charge in [-0.1, -0.05) is 6.92 Å². The predicted octanol–water partition coefficient (Wildman–Crippen LogP) is 2.70. The van der Waals surface area contributed by atoms with Crippen LogP contribution in [0.25, 0.3) is 6.08 Å². The summed E-state index contributed by atoms with van der Waals surface area (Å²) in [4.78, 5) is 11.9. The van der Waals surface area contributed by atoms with Gasteiger partial charge in [0.2, 0.25) is 15.9 Å². The lowest BCUT2D eigenvalue weighted by Crippen LogP contribution is -2.12. The average Bonchev–Trinajstić information content (AvgIpc) is 3.07. The highest BCUT2D eigenvalue weighted by atomic mass is 32.2. The van der Waals surface area contributed by atoms with Crippen molar-refractivity contribution in [2.45, 2.75) is 24.2 Å². The number of anilines is 1. The van der Waals surface area contributed by atoms with Gasteiger partial charge in [-0.3, -0.25) is 4.79 Å². The van der Waals surface area contributed by atoms with Crippen molar-refractivity contribution < 1.29 is 17.6 Å². The zero-order valence-corrected chi connectivity index (χ0v) is 13.9. The molecule has 2 aromatic rings. The molecular weight excluding hydrogens is 328 g/mol. The van der Waals surface area contributed by atoms with E-state index in [0.717, 1.165) is 12.2 Å². The van der Waals surface area contributed by atoms with Crippen LogP contribution < -0.4 is 10.5 Å². The lowest BCUT2D eigenvalue weighted by atomic mass is 10.3. The summed E-state index contributed by atoms with van der Waals surface area (Å²) in [6.45, 7) is 2.18. The fourth-order valence-electron chi connectivity index (χ4n) is 2.45. The van der Waals surface area contributed by atoms with E-state index in [1.54, 1.807) is 6.08 Å². The molecule has 126 valence electrons. The molecule has 1 saturated carbocycles. The Morgan fingerprint density at radius 2 is 1.92 bits per heavy atom. The third kappa shape index (κ3) is 3.93. The highest BCUT2D eigenvalue weighted by molar-refractivity contribution is 7.89. The first-order valence-corrected chi connectivity index (χ1v) is 9.09. The first kappa shape index (κ1) is 16.5. The number of amides is 1. The number of nitrogens with one attached hydrogen (secondary N) is 1. The van der Waals surface area contributed by atoms with E-state index < -0.39 is 10.0 Å². The van der Waals surface area contributed by atoms with Gasteiger partial charge in [0, 0.05) is 17.7 Å². The van der Waals surface area contributed by atoms with E-state index in [1.807, 2.05) is 12.1 Å². The maximum absolute atomic E-state index is 11.9. The van der Waals surface area contributed by atoms with Gasteiger partial charge in [0.25, 0.3) is 0 Å². The Labute approximate surface area is 140 Å². The second-order valence-electron chi connectivity index (χ2n) is 5.95. The van der Waals surface area contributed by atoms with Crippen molar-refractivity contribution in [3.63, 3.8) is 0 Å². The molecule has 2 unspecified atom stereocenters. The van der Waals surface area contributed by atoms with Crippen LogP contribution in [-0.4, -0.2) is 14.3 Å². The molecule has 1 amide bonds. The third-order valence-electron chi connectivity index (χ3n) is 3.97. The number of carbonyl (C=O) groups excluding carboxylic acids is 1. The van der Waals surface area contributed by atoms with E-state index in [-0.39, 0.29) is 10.8 Å². The summed E-state index contributed by atoms with van der Waals surface area (Å²) >= 11 is 0. The van der Waals surface area contributed by atoms with Crippen molar-refractivity contribution in [2.75, 3.05) is 5.32 Å². The second kappa shape index (κ2) is 6.26. The summed E-state index contributed by atoms with van der Waals surface area (Å²) in [5.41, 5.74) is 0.476. The third-order valence-corrected chi connectivity index (χ3v) is 4.90. The van der Waals surface area contributed by atoms with Crippen molar-refractivity contribution in [3.8, 4) is 0 Å². The molecule has 1 heterocycles. The molecule has 6 nitrogen and oxygen atoms in total. The molecule has 0 radical (unpaired) electrons. The van der Waals surface area contributed by atoms with Crippen LogP contribution in [0.5, 0.6) is 0 Å². The molecule has 1 aliphatic rings. The molecule has 0 spiro atoms. The van der Waals surface area contributed by atoms with Crippen LogP contribution in [0.2, 0.25) is 0 Å². The van der Waals surface area contributed by atoms with Gasteiger partial charge in [0.15, 0.2) is 0 Å². The molecule has 3 N–H and O–H groups in total. The standard InChI is InChI=1S/C17H18N2O4S/c1-11-10-15(11)16-8-4-13(23-16)5-9-17(20)19-12-2-6-14(7-3-12)24(18,21)22/h2-9,11,15H,10H2,1H3,(H,19,20)(H2,18,21,22)/b9-5+. The average molecular weight is 346 g/mol. The van der Waals surface area contributed by atoms with Gasteiger partial charge in [0.05, 0.1) is 4.90 Å². The predicted molar refractivity (Wildman–Crippen MR) is 90.7 cm³/mol. The van der Waals surface area contributed by atoms with Gasteiger partial charge < -0.3 is 9.73 Å². The van der Waals surface area contributed by atoms with Crippen LogP contribution in [0.4, 0.5) is 5.69 Å². The number of furan rings is 1. The van der Waals surface area contributed by atoms with Crippen molar-refractivity contribution >= 4 is 27.7 Å². The minimum atomic E-state index is -3.74. The number of carbonyl (C=O) groups is 1. The number of rotatable bonds is 5. The molecule has 1 aliphatic carbocycles. The molecule has 0 saturated heterocycles. The lowest BCUT2D eigenvalue weighted by Gasteiger charge is -2.03. The van der Waals surface area contributed by atoms with Crippen LogP contribution in [0.1, 0.15) is 30.8 Å². The summed E-state index contributed by atoms with van der Waals surface area (Å²) < 4.78 is 28.0. The van der Waals surface area contributed by atoms with Crippen LogP contribution in [0.3, 0.4) is 0 Å². The number of hydrogen-bond donors (Lipinski definition) is 2. The van der Waals surface area contributed by atoms with E-state index in [0.29, 0.717) is 23.3 Å². The normalized spacial score (nSPS) is 20.2. The molecular formula is C17H18N2O4S. The second-order valence-corrected chi connectivity index (χ2v) is 7.51. The minimum Gasteiger partial charge on any atom is -0.461 e. The van der Waals surface area contributed by atoms with Crippen LogP contribution in [0.15, 0.2) is 51.8 Å². The monoisotopic (exact) mass is 346 g/mol. The van der Waals surface area contributed by atoms with E-state index in [2.05, 4.69) is 12.2 Å². The zero-order chi connectivity index (χ0) is 17.3. The smallest absolute Gasteiger partial charge is 0.248 e. The molecule has 3 rings (SSSR count). The van der Waals surface area contributed by atoms with Crippen LogP contribution in [-0.2, 0) is 14.8 Å². The fraction of sp³-hybridized carbons (Fsp3) is 0.235. The van der Waals surface area contributed by atoms with Crippen molar-refractivity contribution in [2.24, 2.45) is 11.1 Å². The Morgan fingerprint density at radius 1 is 1.25 bits per heavy atom. The van der Waals surface area contributed by atoms with E-state index in [4.69, 9.17) is 9.56 Å². The molecule has 0 aliphatic heterocycles. The summed E-state index contributed by atoms with van der Waals surface area (Å²) in [5, 5.41) is 7.66. The largest absolute Gasteiger partial charge is 0.461 e. The Kier molecular flexibility index (Phi) is 4.29. The fourth-order valence-corrected chi connectivity index (χ4v) is 2.96. The van der Waals surface area contributed by atoms with Gasteiger partial charge in [-0.15, -0.1) is 0 Å². The molecule has 1 fully saturated rings. The number of primary sulfonamides is 1. The molecule has 2 atom stereocenters. The Balaban J connectivity index is 1.60. The van der Waals surface area contributed by atoms with Crippen molar-refractivity contribution in [3.05, 3.63) is 54.0 Å². The summed E-state index contributed by atoms with van der Waals surface area (Å²) in [6.07, 6.45) is 4.11. The summed E-state index contributed by atoms with van der Waals surface area (Å²) in [7, 11) is -3.74. The van der Waals surface area contributed by atoms with Gasteiger partial charge >= 0.3 is 0 Å². The van der Waals surface area contributed by atoms with Crippen molar-refractivity contribution in [1.82, 2.24) is 0 Å². The topological polar surface area (TPSA) is 102 Å². The number of nitrogens with two attached hydrogens (primary N) is 1. The molecule has 24 heavy (non-hydrogen) atoms. The first-order valence-electron chi connectivity index (χ1n) is 7.54. The Hall–Kier alpha value is -2.38. The van der Waals surface area contributed by atoms with Crippen LogP contribution in [0, 0.1) is 5.92 Å². The summed E-state index contributed by atoms with van der Waals surface area (Å²) in [5.74, 6) is 2.41. The lowest BCUT2D eigenvalue weighted by molar-refractivity contribution is -0.111. The first-order chi connectivity index (χ1) is 11.3. The molecule has 7 heteroatoms. The van der Waals surface area contributed by atoms with Crippen LogP contribution >= 0.6 is 0 Å². The Morgan fingerprint density at radius 3 is 2.50 bits per heavy atom. The quantitative estimate of drug-likeness (QED) is 0.813. The van der Waals surface area contributed by atoms with E-state index in [9.17, 15) is 13.2 Å². The maximum Gasteiger partial charge on any atom is 0.248 e. The maximum atomic E-state index is 11.9. The van der Waals surface area contributed by atoms with Gasteiger partial charge in [-0.2, -0.15) is 0 Å². The zero-order valence-electron chi connectivity index (χ0n) is 13.1. The van der Waals surface area contributed by atoms with Gasteiger partial charge in [0.1, 0.15) is 11.5 Å². The van der Waals surface area contributed by atoms with Gasteiger partial charge in [-0.05, 0) is 54.8 Å². The van der Waals surface area contributed by atoms with Crippen molar-refractivity contribution in [1.29, 1.82) is 0 Å². The van der Waals surface area contributed by atoms with E-state index >= 15 is 0 Å². The SMILES string of the molecule is CC1CC1c1ccc(/C=C/C(=O)Nc2ccc(S(N)(=O)=O)cc2)o1. The van der Waals surface area contributed by atoms with Gasteiger partial charge in [-0.25, -0.2) is 13.6 Å². The highest BCUT2D eigenvalue weighted by Gasteiger charge is 2.36. The molecule has 1 aromatic heterocycles. The van der Waals surface area contributed by atoms with E-state index in [1.165, 1.54) is 30.3 Å². The number of sulfonamides is 1. The molecule has 1 aromatic carbocycles. The summed E-state index contributed by atoms with van der Waals surface area (Å²) in [6, 6.07) is 9.41. The Bertz CT molecular complexity index is 882. The number of hydrogen-bond acceptors (Lipinski definition) is 4. The number of benzene rings is 1. The minimum absolute atomic E-state index is 0.00606.